The number of allylic oxidation sites excluding steroid dienone is 1. The van der Waals surface area contributed by atoms with Crippen molar-refractivity contribution < 1.29 is 14.3 Å². The maximum absolute atomic E-state index is 12.3. The molecule has 1 aromatic carbocycles. The molecule has 0 spiro atoms. The van der Waals surface area contributed by atoms with Crippen molar-refractivity contribution in [3.8, 4) is 6.07 Å². The van der Waals surface area contributed by atoms with Gasteiger partial charge in [0, 0.05) is 18.4 Å². The van der Waals surface area contributed by atoms with E-state index >= 15 is 0 Å². The zero-order chi connectivity index (χ0) is 20.9. The first kappa shape index (κ1) is 20.3. The number of nitrogens with one attached hydrogen (secondary N) is 2. The largest absolute Gasteiger partial charge is 0.444 e. The lowest BCUT2D eigenvalue weighted by molar-refractivity contribution is -0.0432. The number of hydrogen-bond acceptors (Lipinski definition) is 8. The average Bonchev–Trinajstić information content (AvgIpc) is 3.22. The van der Waals surface area contributed by atoms with Gasteiger partial charge in [-0.25, -0.2) is 4.79 Å². The number of rotatable bonds is 4. The minimum atomic E-state index is -0.532. The molecule has 0 saturated carbocycles. The van der Waals surface area contributed by atoms with Crippen LogP contribution in [-0.2, 0) is 9.47 Å². The van der Waals surface area contributed by atoms with E-state index in [2.05, 4.69) is 25.9 Å². The van der Waals surface area contributed by atoms with Crippen LogP contribution < -0.4 is 5.32 Å². The number of tetrazole rings is 1. The summed E-state index contributed by atoms with van der Waals surface area (Å²) in [5.41, 5.74) is 1.46. The number of carbonyl (C=O) groups excluding carboxylic acids is 1. The lowest BCUT2D eigenvalue weighted by Crippen LogP contribution is -2.44. The number of amides is 1. The number of nitrogens with zero attached hydrogens (tertiary/aromatic N) is 5. The molecule has 152 valence electrons. The van der Waals surface area contributed by atoms with E-state index in [0.29, 0.717) is 19.7 Å². The number of morpholine rings is 1. The number of anilines is 1. The SMILES string of the molecule is CC(C)(C)OC(=O)N1CCOC(c2ccc(NC=C(C#N)c3nn[nH]n3)cc2)C1. The Hall–Kier alpha value is -3.45. The molecule has 1 aliphatic rings. The summed E-state index contributed by atoms with van der Waals surface area (Å²) in [5.74, 6) is 0.217. The highest BCUT2D eigenvalue weighted by molar-refractivity contribution is 5.74. The molecule has 2 heterocycles. The van der Waals surface area contributed by atoms with Crippen LogP contribution >= 0.6 is 0 Å². The molecule has 1 saturated heterocycles. The first-order valence-electron chi connectivity index (χ1n) is 9.16. The number of carbonyl (C=O) groups is 1. The fourth-order valence-electron chi connectivity index (χ4n) is 2.72. The second-order valence-electron chi connectivity index (χ2n) is 7.46. The van der Waals surface area contributed by atoms with Gasteiger partial charge in [0.2, 0.25) is 5.82 Å². The van der Waals surface area contributed by atoms with E-state index < -0.39 is 5.60 Å². The highest BCUT2D eigenvalue weighted by Crippen LogP contribution is 2.25. The number of aromatic amines is 1. The van der Waals surface area contributed by atoms with Crippen molar-refractivity contribution in [3.63, 3.8) is 0 Å². The van der Waals surface area contributed by atoms with E-state index in [1.807, 2.05) is 51.1 Å². The molecule has 1 atom stereocenters. The highest BCUT2D eigenvalue weighted by atomic mass is 16.6. The maximum atomic E-state index is 12.3. The second-order valence-corrected chi connectivity index (χ2v) is 7.46. The monoisotopic (exact) mass is 397 g/mol. The molecule has 29 heavy (non-hydrogen) atoms. The number of hydrogen-bond donors (Lipinski definition) is 2. The Bertz CT molecular complexity index is 895. The molecule has 1 amide bonds. The van der Waals surface area contributed by atoms with Gasteiger partial charge in [-0.3, -0.25) is 0 Å². The third-order valence-electron chi connectivity index (χ3n) is 4.09. The van der Waals surface area contributed by atoms with Crippen LogP contribution in [0, 0.1) is 11.3 Å². The van der Waals surface area contributed by atoms with Gasteiger partial charge in [-0.05, 0) is 43.7 Å². The molecule has 1 aliphatic heterocycles. The molecule has 0 radical (unpaired) electrons. The molecule has 0 aliphatic carbocycles. The fraction of sp³-hybridized carbons (Fsp3) is 0.421. The minimum Gasteiger partial charge on any atom is -0.444 e. The van der Waals surface area contributed by atoms with Crippen LogP contribution in [0.5, 0.6) is 0 Å². The highest BCUT2D eigenvalue weighted by Gasteiger charge is 2.28. The van der Waals surface area contributed by atoms with Crippen molar-refractivity contribution in [1.82, 2.24) is 25.5 Å². The van der Waals surface area contributed by atoms with Gasteiger partial charge in [-0.2, -0.15) is 10.5 Å². The number of ether oxygens (including phenoxy) is 2. The molecule has 3 rings (SSSR count). The molecule has 10 heteroatoms. The Morgan fingerprint density at radius 1 is 1.41 bits per heavy atom. The third-order valence-corrected chi connectivity index (χ3v) is 4.09. The van der Waals surface area contributed by atoms with Gasteiger partial charge in [-0.1, -0.05) is 12.1 Å². The molecular formula is C19H23N7O3. The maximum Gasteiger partial charge on any atom is 0.410 e. The zero-order valence-electron chi connectivity index (χ0n) is 16.5. The van der Waals surface area contributed by atoms with Gasteiger partial charge in [-0.15, -0.1) is 10.2 Å². The summed E-state index contributed by atoms with van der Waals surface area (Å²) < 4.78 is 11.3. The molecule has 1 unspecified atom stereocenters. The summed E-state index contributed by atoms with van der Waals surface area (Å²) >= 11 is 0. The van der Waals surface area contributed by atoms with Crippen LogP contribution in [0.3, 0.4) is 0 Å². The van der Waals surface area contributed by atoms with Crippen LogP contribution in [-0.4, -0.2) is 56.9 Å². The van der Waals surface area contributed by atoms with Gasteiger partial charge in [0.25, 0.3) is 0 Å². The van der Waals surface area contributed by atoms with Gasteiger partial charge >= 0.3 is 6.09 Å². The summed E-state index contributed by atoms with van der Waals surface area (Å²) in [7, 11) is 0. The van der Waals surface area contributed by atoms with E-state index in [-0.39, 0.29) is 23.6 Å². The molecule has 0 bridgehead atoms. The number of H-pyrrole nitrogens is 1. The van der Waals surface area contributed by atoms with E-state index in [1.165, 1.54) is 6.20 Å². The van der Waals surface area contributed by atoms with Gasteiger partial charge < -0.3 is 19.7 Å². The van der Waals surface area contributed by atoms with E-state index in [9.17, 15) is 10.1 Å². The number of aromatic nitrogens is 4. The second kappa shape index (κ2) is 8.70. The van der Waals surface area contributed by atoms with E-state index in [1.54, 1.807) is 4.90 Å². The van der Waals surface area contributed by atoms with Crippen molar-refractivity contribution >= 4 is 17.4 Å². The predicted octanol–water partition coefficient (Wildman–Crippen LogP) is 2.48. The number of benzene rings is 1. The van der Waals surface area contributed by atoms with Crippen molar-refractivity contribution in [2.75, 3.05) is 25.0 Å². The van der Waals surface area contributed by atoms with Gasteiger partial charge in [0.15, 0.2) is 0 Å². The first-order chi connectivity index (χ1) is 13.9. The summed E-state index contributed by atoms with van der Waals surface area (Å²) in [4.78, 5) is 14.0. The lowest BCUT2D eigenvalue weighted by atomic mass is 10.1. The van der Waals surface area contributed by atoms with Crippen LogP contribution in [0.15, 0.2) is 30.5 Å². The normalized spacial score (nSPS) is 17.5. The average molecular weight is 397 g/mol. The van der Waals surface area contributed by atoms with Gasteiger partial charge in [0.1, 0.15) is 23.3 Å². The lowest BCUT2D eigenvalue weighted by Gasteiger charge is -2.34. The standard InChI is InChI=1S/C19H23N7O3/c1-19(2,3)29-18(27)26-8-9-28-16(12-26)13-4-6-15(7-5-13)21-11-14(10-20)17-22-24-25-23-17/h4-7,11,16,21H,8-9,12H2,1-3H3,(H,22,23,24,25). The smallest absolute Gasteiger partial charge is 0.410 e. The molecule has 1 aromatic heterocycles. The van der Waals surface area contributed by atoms with Crippen LogP contribution in [0.25, 0.3) is 5.57 Å². The summed E-state index contributed by atoms with van der Waals surface area (Å²) in [6, 6.07) is 9.58. The molecule has 10 nitrogen and oxygen atoms in total. The summed E-state index contributed by atoms with van der Waals surface area (Å²) in [6.45, 7) is 6.92. The van der Waals surface area contributed by atoms with Crippen LogP contribution in [0.2, 0.25) is 0 Å². The number of nitriles is 1. The van der Waals surface area contributed by atoms with Crippen molar-refractivity contribution in [3.05, 3.63) is 41.9 Å². The zero-order valence-corrected chi connectivity index (χ0v) is 16.5. The van der Waals surface area contributed by atoms with Gasteiger partial charge in [0.05, 0.1) is 13.2 Å². The van der Waals surface area contributed by atoms with Crippen molar-refractivity contribution in [1.29, 1.82) is 5.26 Å². The fourth-order valence-corrected chi connectivity index (χ4v) is 2.72. The molecule has 2 aromatic rings. The quantitative estimate of drug-likeness (QED) is 0.753. The van der Waals surface area contributed by atoms with Crippen LogP contribution in [0.4, 0.5) is 10.5 Å². The summed E-state index contributed by atoms with van der Waals surface area (Å²) in [5, 5.41) is 25.5. The molecular weight excluding hydrogens is 374 g/mol. The molecule has 2 N–H and O–H groups in total. The van der Waals surface area contributed by atoms with Crippen molar-refractivity contribution in [2.24, 2.45) is 0 Å². The third kappa shape index (κ3) is 5.52. The Balaban J connectivity index is 1.62. The minimum absolute atomic E-state index is 0.217. The van der Waals surface area contributed by atoms with Crippen LogP contribution in [0.1, 0.15) is 38.3 Å². The molecule has 1 fully saturated rings. The Labute approximate surface area is 168 Å². The first-order valence-corrected chi connectivity index (χ1v) is 9.16. The summed E-state index contributed by atoms with van der Waals surface area (Å²) in [6.07, 6.45) is 0.955. The Kier molecular flexibility index (Phi) is 6.09. The van der Waals surface area contributed by atoms with Crippen molar-refractivity contribution in [2.45, 2.75) is 32.5 Å². The van der Waals surface area contributed by atoms with E-state index in [0.717, 1.165) is 11.3 Å². The Morgan fingerprint density at radius 3 is 2.79 bits per heavy atom. The van der Waals surface area contributed by atoms with E-state index in [4.69, 9.17) is 9.47 Å². The topological polar surface area (TPSA) is 129 Å². The predicted molar refractivity (Wildman–Crippen MR) is 104 cm³/mol. The Morgan fingerprint density at radius 2 is 2.17 bits per heavy atom.